The molecule has 0 radical (unpaired) electrons. The third-order valence-corrected chi connectivity index (χ3v) is 5.53. The van der Waals surface area contributed by atoms with E-state index in [9.17, 15) is 0 Å². The van der Waals surface area contributed by atoms with Crippen LogP contribution in [0.25, 0.3) is 0 Å². The molecule has 0 amide bonds. The van der Waals surface area contributed by atoms with Crippen molar-refractivity contribution in [2.45, 2.75) is 65.0 Å². The Labute approximate surface area is 110 Å². The van der Waals surface area contributed by atoms with Gasteiger partial charge in [-0.15, -0.1) is 0 Å². The molecule has 1 heterocycles. The summed E-state index contributed by atoms with van der Waals surface area (Å²) in [6, 6.07) is 1.20. The smallest absolute Gasteiger partial charge is 0.157 e. The molecule has 0 saturated heterocycles. The second-order valence-electron chi connectivity index (χ2n) is 5.51. The Kier molecular flexibility index (Phi) is 4.78. The van der Waals surface area contributed by atoms with Gasteiger partial charge in [0.05, 0.1) is 6.04 Å². The summed E-state index contributed by atoms with van der Waals surface area (Å²) in [6.07, 6.45) is 6.62. The summed E-state index contributed by atoms with van der Waals surface area (Å²) in [6.45, 7) is 6.88. The van der Waals surface area contributed by atoms with E-state index in [-0.39, 0.29) is 0 Å². The molecule has 1 aliphatic carbocycles. The lowest BCUT2D eigenvalue weighted by molar-refractivity contribution is 0.391. The fourth-order valence-corrected chi connectivity index (χ4v) is 4.38. The summed E-state index contributed by atoms with van der Waals surface area (Å²) in [7, 11) is 0. The molecule has 0 aromatic heterocycles. The molecule has 0 aromatic carbocycles. The minimum absolute atomic E-state index is 0.564. The van der Waals surface area contributed by atoms with E-state index in [1.165, 1.54) is 43.0 Å². The number of amidine groups is 1. The van der Waals surface area contributed by atoms with E-state index in [0.717, 1.165) is 11.8 Å². The van der Waals surface area contributed by atoms with Gasteiger partial charge in [-0.3, -0.25) is 4.99 Å². The number of fused-ring (bicyclic) bond motifs is 1. The molecule has 98 valence electrons. The Morgan fingerprint density at radius 1 is 1.35 bits per heavy atom. The molecule has 17 heavy (non-hydrogen) atoms. The summed E-state index contributed by atoms with van der Waals surface area (Å²) in [5, 5.41) is 4.86. The van der Waals surface area contributed by atoms with Crippen LogP contribution < -0.4 is 5.32 Å². The van der Waals surface area contributed by atoms with E-state index in [0.29, 0.717) is 12.1 Å². The van der Waals surface area contributed by atoms with E-state index in [1.807, 2.05) is 11.8 Å². The van der Waals surface area contributed by atoms with Gasteiger partial charge in [0.25, 0.3) is 0 Å². The third-order valence-electron chi connectivity index (χ3n) is 4.44. The van der Waals surface area contributed by atoms with Crippen LogP contribution in [0.1, 0.15) is 52.9 Å². The second-order valence-corrected chi connectivity index (χ2v) is 6.52. The maximum absolute atomic E-state index is 4.90. The minimum Gasteiger partial charge on any atom is -0.362 e. The molecule has 1 aliphatic heterocycles. The van der Waals surface area contributed by atoms with E-state index in [1.54, 1.807) is 0 Å². The van der Waals surface area contributed by atoms with Crippen LogP contribution in [0.5, 0.6) is 0 Å². The number of rotatable bonds is 4. The first-order chi connectivity index (χ1) is 8.24. The van der Waals surface area contributed by atoms with E-state index >= 15 is 0 Å². The van der Waals surface area contributed by atoms with Gasteiger partial charge in [-0.2, -0.15) is 0 Å². The fraction of sp³-hybridized carbons (Fsp3) is 0.929. The van der Waals surface area contributed by atoms with Gasteiger partial charge in [-0.25, -0.2) is 0 Å². The summed E-state index contributed by atoms with van der Waals surface area (Å²) < 4.78 is 0. The molecule has 3 heteroatoms. The van der Waals surface area contributed by atoms with Crippen molar-refractivity contribution in [3.63, 3.8) is 0 Å². The molecule has 3 atom stereocenters. The Morgan fingerprint density at radius 3 is 2.82 bits per heavy atom. The largest absolute Gasteiger partial charge is 0.362 e. The zero-order valence-electron chi connectivity index (χ0n) is 11.4. The maximum Gasteiger partial charge on any atom is 0.157 e. The first-order valence-corrected chi connectivity index (χ1v) is 8.20. The molecule has 2 rings (SSSR count). The Morgan fingerprint density at radius 2 is 2.12 bits per heavy atom. The van der Waals surface area contributed by atoms with Crippen LogP contribution in [0.2, 0.25) is 0 Å². The maximum atomic E-state index is 4.90. The second kappa shape index (κ2) is 6.12. The van der Waals surface area contributed by atoms with Crippen molar-refractivity contribution in [1.29, 1.82) is 0 Å². The normalized spacial score (nSPS) is 30.0. The molecule has 2 aliphatic rings. The third kappa shape index (κ3) is 3.18. The van der Waals surface area contributed by atoms with Crippen molar-refractivity contribution in [2.75, 3.05) is 5.75 Å². The van der Waals surface area contributed by atoms with Crippen LogP contribution >= 0.6 is 11.8 Å². The standard InChI is InChI=1S/C14H26N2S/c1-4-11(5-2)10(3)15-14-16-13-8-6-7-12(13)9-17-14/h10-13H,4-9H2,1-3H3,(H,15,16). The van der Waals surface area contributed by atoms with Crippen molar-refractivity contribution < 1.29 is 0 Å². The Hall–Kier alpha value is -0.180. The van der Waals surface area contributed by atoms with Crippen molar-refractivity contribution in [1.82, 2.24) is 5.32 Å². The molecule has 2 nitrogen and oxygen atoms in total. The highest BCUT2D eigenvalue weighted by Gasteiger charge is 2.31. The number of hydrogen-bond acceptors (Lipinski definition) is 3. The average molecular weight is 254 g/mol. The van der Waals surface area contributed by atoms with Gasteiger partial charge < -0.3 is 5.32 Å². The van der Waals surface area contributed by atoms with Gasteiger partial charge in [0.1, 0.15) is 0 Å². The van der Waals surface area contributed by atoms with Crippen LogP contribution in [0.4, 0.5) is 0 Å². The summed E-state index contributed by atoms with van der Waals surface area (Å²) in [5.74, 6) is 2.93. The van der Waals surface area contributed by atoms with Gasteiger partial charge in [0.15, 0.2) is 5.17 Å². The predicted molar refractivity (Wildman–Crippen MR) is 77.7 cm³/mol. The lowest BCUT2D eigenvalue weighted by Crippen LogP contribution is -2.39. The highest BCUT2D eigenvalue weighted by molar-refractivity contribution is 8.13. The zero-order chi connectivity index (χ0) is 12.3. The molecular weight excluding hydrogens is 228 g/mol. The van der Waals surface area contributed by atoms with Crippen LogP contribution in [0.3, 0.4) is 0 Å². The number of hydrogen-bond donors (Lipinski definition) is 1. The summed E-state index contributed by atoms with van der Waals surface area (Å²) in [4.78, 5) is 4.90. The summed E-state index contributed by atoms with van der Waals surface area (Å²) in [5.41, 5.74) is 0. The van der Waals surface area contributed by atoms with Crippen LogP contribution in [0.15, 0.2) is 4.99 Å². The highest BCUT2D eigenvalue weighted by atomic mass is 32.2. The van der Waals surface area contributed by atoms with Gasteiger partial charge in [0.2, 0.25) is 0 Å². The molecular formula is C14H26N2S. The van der Waals surface area contributed by atoms with Crippen LogP contribution in [-0.4, -0.2) is 23.0 Å². The van der Waals surface area contributed by atoms with Gasteiger partial charge >= 0.3 is 0 Å². The first-order valence-electron chi connectivity index (χ1n) is 7.21. The Bertz CT molecular complexity index is 273. The minimum atomic E-state index is 0.564. The van der Waals surface area contributed by atoms with Crippen molar-refractivity contribution >= 4 is 16.9 Å². The van der Waals surface area contributed by atoms with Crippen LogP contribution in [-0.2, 0) is 0 Å². The molecule has 3 unspecified atom stereocenters. The number of nitrogens with zero attached hydrogens (tertiary/aromatic N) is 1. The predicted octanol–water partition coefficient (Wildman–Crippen LogP) is 3.67. The quantitative estimate of drug-likeness (QED) is 0.828. The number of nitrogens with one attached hydrogen (secondary N) is 1. The average Bonchev–Trinajstić information content (AvgIpc) is 2.77. The van der Waals surface area contributed by atoms with Crippen molar-refractivity contribution in [2.24, 2.45) is 16.8 Å². The molecule has 0 spiro atoms. The van der Waals surface area contributed by atoms with Crippen molar-refractivity contribution in [3.8, 4) is 0 Å². The monoisotopic (exact) mass is 254 g/mol. The molecule has 1 fully saturated rings. The Balaban J connectivity index is 1.90. The lowest BCUT2D eigenvalue weighted by atomic mass is 9.96. The zero-order valence-corrected chi connectivity index (χ0v) is 12.2. The topological polar surface area (TPSA) is 24.4 Å². The van der Waals surface area contributed by atoms with E-state index < -0.39 is 0 Å². The van der Waals surface area contributed by atoms with Crippen molar-refractivity contribution in [3.05, 3.63) is 0 Å². The molecule has 1 N–H and O–H groups in total. The first kappa shape index (κ1) is 13.3. The lowest BCUT2D eigenvalue weighted by Gasteiger charge is -2.28. The number of thioether (sulfide) groups is 1. The fourth-order valence-electron chi connectivity index (χ4n) is 3.14. The van der Waals surface area contributed by atoms with Gasteiger partial charge in [0, 0.05) is 11.8 Å². The summed E-state index contributed by atoms with van der Waals surface area (Å²) >= 11 is 1.95. The molecule has 1 saturated carbocycles. The van der Waals surface area contributed by atoms with Gasteiger partial charge in [-0.1, -0.05) is 44.9 Å². The van der Waals surface area contributed by atoms with Crippen LogP contribution in [0, 0.1) is 11.8 Å². The molecule has 0 aromatic rings. The van der Waals surface area contributed by atoms with E-state index in [2.05, 4.69) is 26.1 Å². The van der Waals surface area contributed by atoms with Gasteiger partial charge in [-0.05, 0) is 31.6 Å². The van der Waals surface area contributed by atoms with E-state index in [4.69, 9.17) is 4.99 Å². The highest BCUT2D eigenvalue weighted by Crippen LogP contribution is 2.35. The molecule has 0 bridgehead atoms. The SMILES string of the molecule is CCC(CC)C(C)NC1=NC2CCCC2CS1. The number of aliphatic imine (C=N–C) groups is 1.